The third-order valence-electron chi connectivity index (χ3n) is 4.21. The van der Waals surface area contributed by atoms with Crippen LogP contribution in [0, 0.1) is 0 Å². The predicted octanol–water partition coefficient (Wildman–Crippen LogP) is 3.50. The number of halogens is 4. The molecule has 0 saturated carbocycles. The highest BCUT2D eigenvalue weighted by molar-refractivity contribution is 9.10. The Kier molecular flexibility index (Phi) is 5.98. The van der Waals surface area contributed by atoms with Crippen molar-refractivity contribution in [1.29, 1.82) is 0 Å². The SMILES string of the molecule is O=C(COc1ccc(Br)cc1/C=c1\sc2ncnn2c1=O)Nc1cccc(C(F)(F)F)c1. The second-order valence-corrected chi connectivity index (χ2v) is 8.39. The van der Waals surface area contributed by atoms with Crippen LogP contribution in [0.25, 0.3) is 11.0 Å². The third-order valence-corrected chi connectivity index (χ3v) is 5.68. The van der Waals surface area contributed by atoms with E-state index in [0.717, 1.165) is 27.9 Å². The maximum Gasteiger partial charge on any atom is 0.416 e. The number of fused-ring (bicyclic) bond motifs is 1. The first-order valence-corrected chi connectivity index (χ1v) is 10.6. The molecule has 0 fully saturated rings. The van der Waals surface area contributed by atoms with Crippen molar-refractivity contribution in [1.82, 2.24) is 14.6 Å². The summed E-state index contributed by atoms with van der Waals surface area (Å²) < 4.78 is 46.3. The minimum Gasteiger partial charge on any atom is -0.483 e. The number of aromatic nitrogens is 3. The molecule has 2 heterocycles. The molecule has 0 aliphatic rings. The van der Waals surface area contributed by atoms with Crippen LogP contribution in [0.2, 0.25) is 0 Å². The van der Waals surface area contributed by atoms with Gasteiger partial charge in [-0.3, -0.25) is 9.59 Å². The summed E-state index contributed by atoms with van der Waals surface area (Å²) >= 11 is 4.50. The zero-order valence-electron chi connectivity index (χ0n) is 15.9. The van der Waals surface area contributed by atoms with Crippen LogP contribution < -0.4 is 20.1 Å². The minimum absolute atomic E-state index is 0.00134. The van der Waals surface area contributed by atoms with Crippen LogP contribution in [-0.2, 0) is 11.0 Å². The fraction of sp³-hybridized carbons (Fsp3) is 0.100. The summed E-state index contributed by atoms with van der Waals surface area (Å²) in [4.78, 5) is 29.0. The normalized spacial score (nSPS) is 12.3. The molecule has 0 radical (unpaired) electrons. The molecule has 1 N–H and O–H groups in total. The average molecular weight is 525 g/mol. The van der Waals surface area contributed by atoms with E-state index < -0.39 is 24.3 Å². The van der Waals surface area contributed by atoms with Crippen molar-refractivity contribution in [3.63, 3.8) is 0 Å². The van der Waals surface area contributed by atoms with E-state index in [0.29, 0.717) is 20.8 Å². The van der Waals surface area contributed by atoms with Crippen LogP contribution in [0.5, 0.6) is 5.75 Å². The van der Waals surface area contributed by atoms with Crippen LogP contribution in [-0.4, -0.2) is 27.1 Å². The van der Waals surface area contributed by atoms with Gasteiger partial charge in [0.05, 0.1) is 10.1 Å². The van der Waals surface area contributed by atoms with Gasteiger partial charge in [-0.25, -0.2) is 4.98 Å². The molecule has 4 aromatic rings. The molecule has 0 spiro atoms. The molecule has 0 saturated heterocycles. The van der Waals surface area contributed by atoms with Gasteiger partial charge < -0.3 is 10.1 Å². The van der Waals surface area contributed by atoms with Gasteiger partial charge in [0.1, 0.15) is 12.1 Å². The molecule has 2 aromatic carbocycles. The van der Waals surface area contributed by atoms with Crippen LogP contribution in [0.4, 0.5) is 18.9 Å². The number of amides is 1. The number of nitrogens with one attached hydrogen (secondary N) is 1. The monoisotopic (exact) mass is 524 g/mol. The summed E-state index contributed by atoms with van der Waals surface area (Å²) in [6.07, 6.45) is -1.64. The summed E-state index contributed by atoms with van der Waals surface area (Å²) in [6, 6.07) is 9.31. The molecule has 164 valence electrons. The quantitative estimate of drug-likeness (QED) is 0.432. The highest BCUT2D eigenvalue weighted by atomic mass is 79.9. The standard InChI is InChI=1S/C20H12BrF3N4O3S/c21-13-4-5-15(11(6-13)7-16-18(30)28-19(32-16)25-10-26-28)31-9-17(29)27-14-3-1-2-12(8-14)20(22,23)24/h1-8,10H,9H2,(H,27,29)/b16-7-. The minimum atomic E-state index is -4.52. The molecule has 0 bridgehead atoms. The fourth-order valence-electron chi connectivity index (χ4n) is 2.80. The number of hydrogen-bond acceptors (Lipinski definition) is 6. The second kappa shape index (κ2) is 8.71. The summed E-state index contributed by atoms with van der Waals surface area (Å²) in [7, 11) is 0. The Morgan fingerprint density at radius 2 is 2.06 bits per heavy atom. The first-order valence-electron chi connectivity index (χ1n) is 8.94. The van der Waals surface area contributed by atoms with E-state index in [1.54, 1.807) is 24.3 Å². The van der Waals surface area contributed by atoms with Gasteiger partial charge in [0.25, 0.3) is 11.5 Å². The van der Waals surface area contributed by atoms with Gasteiger partial charge in [-0.05, 0) is 42.5 Å². The highest BCUT2D eigenvalue weighted by Gasteiger charge is 2.30. The number of nitrogens with zero attached hydrogens (tertiary/aromatic N) is 3. The van der Waals surface area contributed by atoms with Crippen molar-refractivity contribution in [3.8, 4) is 5.75 Å². The summed E-state index contributed by atoms with van der Waals surface area (Å²) in [5.74, 6) is -0.327. The van der Waals surface area contributed by atoms with E-state index in [1.165, 1.54) is 23.0 Å². The molecular formula is C20H12BrF3N4O3S. The van der Waals surface area contributed by atoms with Crippen molar-refractivity contribution >= 4 is 49.9 Å². The third kappa shape index (κ3) is 4.81. The Balaban J connectivity index is 1.52. The summed E-state index contributed by atoms with van der Waals surface area (Å²) in [5, 5.41) is 6.24. The van der Waals surface area contributed by atoms with E-state index in [1.807, 2.05) is 0 Å². The van der Waals surface area contributed by atoms with Crippen LogP contribution in [0.3, 0.4) is 0 Å². The van der Waals surface area contributed by atoms with Crippen LogP contribution >= 0.6 is 27.3 Å². The van der Waals surface area contributed by atoms with Gasteiger partial charge in [0.2, 0.25) is 4.96 Å². The van der Waals surface area contributed by atoms with Crippen molar-refractivity contribution in [2.45, 2.75) is 6.18 Å². The molecule has 1 amide bonds. The number of benzene rings is 2. The van der Waals surface area contributed by atoms with Gasteiger partial charge in [0.15, 0.2) is 6.61 Å². The van der Waals surface area contributed by atoms with Crippen LogP contribution in [0.15, 0.2) is 58.1 Å². The van der Waals surface area contributed by atoms with Crippen molar-refractivity contribution < 1.29 is 22.7 Å². The molecule has 7 nitrogen and oxygen atoms in total. The predicted molar refractivity (Wildman–Crippen MR) is 116 cm³/mol. The van der Waals surface area contributed by atoms with Gasteiger partial charge in [-0.15, -0.1) is 0 Å². The van der Waals surface area contributed by atoms with E-state index in [9.17, 15) is 22.8 Å². The maximum absolute atomic E-state index is 12.8. The molecule has 32 heavy (non-hydrogen) atoms. The number of rotatable bonds is 5. The number of alkyl halides is 3. The highest BCUT2D eigenvalue weighted by Crippen LogP contribution is 2.30. The fourth-order valence-corrected chi connectivity index (χ4v) is 4.05. The largest absolute Gasteiger partial charge is 0.483 e. The van der Waals surface area contributed by atoms with Crippen molar-refractivity contribution in [2.24, 2.45) is 0 Å². The van der Waals surface area contributed by atoms with E-state index in [2.05, 4.69) is 31.3 Å². The Morgan fingerprint density at radius 1 is 1.25 bits per heavy atom. The first kappa shape index (κ1) is 22.0. The molecule has 0 atom stereocenters. The molecule has 2 aromatic heterocycles. The summed E-state index contributed by atoms with van der Waals surface area (Å²) in [6.45, 7) is -0.446. The molecule has 0 aliphatic carbocycles. The zero-order valence-corrected chi connectivity index (χ0v) is 18.3. The number of hydrogen-bond donors (Lipinski definition) is 1. The zero-order chi connectivity index (χ0) is 22.9. The van der Waals surface area contributed by atoms with Gasteiger partial charge in [-0.2, -0.15) is 22.8 Å². The van der Waals surface area contributed by atoms with E-state index in [-0.39, 0.29) is 11.2 Å². The number of ether oxygens (including phenoxy) is 1. The summed E-state index contributed by atoms with van der Waals surface area (Å²) in [5.41, 5.74) is -0.684. The molecule has 0 aliphatic heterocycles. The Bertz CT molecular complexity index is 1420. The lowest BCUT2D eigenvalue weighted by molar-refractivity contribution is -0.137. The lowest BCUT2D eigenvalue weighted by Crippen LogP contribution is -2.24. The number of carbonyl (C=O) groups excluding carboxylic acids is 1. The maximum atomic E-state index is 12.8. The van der Waals surface area contributed by atoms with Crippen LogP contribution in [0.1, 0.15) is 11.1 Å². The molecule has 0 unspecified atom stereocenters. The smallest absolute Gasteiger partial charge is 0.416 e. The topological polar surface area (TPSA) is 85.6 Å². The molecule has 12 heteroatoms. The lowest BCUT2D eigenvalue weighted by atomic mass is 10.2. The Morgan fingerprint density at radius 3 is 2.81 bits per heavy atom. The molecule has 4 rings (SSSR count). The van der Waals surface area contributed by atoms with E-state index >= 15 is 0 Å². The Hall–Kier alpha value is -3.25. The van der Waals surface area contributed by atoms with Gasteiger partial charge in [0, 0.05) is 15.7 Å². The molecular weight excluding hydrogens is 513 g/mol. The second-order valence-electron chi connectivity index (χ2n) is 6.47. The lowest BCUT2D eigenvalue weighted by Gasteiger charge is -2.12. The number of carbonyl (C=O) groups is 1. The Labute approximate surface area is 190 Å². The average Bonchev–Trinajstić information content (AvgIpc) is 3.30. The first-order chi connectivity index (χ1) is 15.2. The van der Waals surface area contributed by atoms with Gasteiger partial charge >= 0.3 is 6.18 Å². The van der Waals surface area contributed by atoms with Crippen molar-refractivity contribution in [3.05, 3.63) is 79.3 Å². The number of anilines is 1. The van der Waals surface area contributed by atoms with Crippen molar-refractivity contribution in [2.75, 3.05) is 11.9 Å². The van der Waals surface area contributed by atoms with Gasteiger partial charge in [-0.1, -0.05) is 33.3 Å². The van der Waals surface area contributed by atoms with E-state index in [4.69, 9.17) is 4.74 Å². The number of thiazole rings is 1.